The van der Waals surface area contributed by atoms with Gasteiger partial charge in [0.25, 0.3) is 0 Å². The molecule has 2 heterocycles. The molecule has 1 aliphatic rings. The van der Waals surface area contributed by atoms with Gasteiger partial charge >= 0.3 is 0 Å². The Balaban J connectivity index is 1.55. The highest BCUT2D eigenvalue weighted by Crippen LogP contribution is 2.35. The van der Waals surface area contributed by atoms with Crippen molar-refractivity contribution in [3.05, 3.63) is 72.7 Å². The number of hydrogen-bond acceptors (Lipinski definition) is 2. The molecular formula is C23H23N2O+. The lowest BCUT2D eigenvalue weighted by Gasteiger charge is -2.22. The van der Waals surface area contributed by atoms with E-state index in [1.165, 1.54) is 46.8 Å². The first-order chi connectivity index (χ1) is 12.9. The zero-order chi connectivity index (χ0) is 17.3. The molecule has 0 saturated heterocycles. The third kappa shape index (κ3) is 2.74. The second-order valence-corrected chi connectivity index (χ2v) is 7.32. The van der Waals surface area contributed by atoms with E-state index in [1.807, 2.05) is 6.07 Å². The van der Waals surface area contributed by atoms with E-state index in [0.717, 1.165) is 12.2 Å². The molecule has 0 bridgehead atoms. The van der Waals surface area contributed by atoms with Gasteiger partial charge in [0, 0.05) is 24.6 Å². The molecule has 4 aromatic rings. The monoisotopic (exact) mass is 343 g/mol. The summed E-state index contributed by atoms with van der Waals surface area (Å²) >= 11 is 0. The van der Waals surface area contributed by atoms with Crippen molar-refractivity contribution in [2.24, 2.45) is 5.92 Å². The summed E-state index contributed by atoms with van der Waals surface area (Å²) in [5.41, 5.74) is 3.61. The largest absolute Gasteiger partial charge is 0.469 e. The minimum atomic E-state index is 0.481. The molecule has 0 spiro atoms. The molecule has 130 valence electrons. The lowest BCUT2D eigenvalue weighted by Crippen LogP contribution is -2.26. The number of anilines is 1. The van der Waals surface area contributed by atoms with Crippen molar-refractivity contribution >= 4 is 27.5 Å². The number of fused-ring (bicyclic) bond motifs is 2. The van der Waals surface area contributed by atoms with Crippen molar-refractivity contribution in [3.63, 3.8) is 0 Å². The number of furan rings is 1. The quantitative estimate of drug-likeness (QED) is 0.516. The number of para-hydroxylation sites is 2. The number of rotatable bonds is 4. The van der Waals surface area contributed by atoms with Gasteiger partial charge in [-0.3, -0.25) is 0 Å². The van der Waals surface area contributed by atoms with Crippen LogP contribution in [0, 0.1) is 5.92 Å². The summed E-state index contributed by atoms with van der Waals surface area (Å²) < 4.78 is 5.60. The predicted molar refractivity (Wildman–Crippen MR) is 105 cm³/mol. The van der Waals surface area contributed by atoms with E-state index in [4.69, 9.17) is 4.42 Å². The van der Waals surface area contributed by atoms with Gasteiger partial charge in [-0.05, 0) is 43.0 Å². The summed E-state index contributed by atoms with van der Waals surface area (Å²) in [4.78, 5) is 3.57. The summed E-state index contributed by atoms with van der Waals surface area (Å²) in [6.07, 6.45) is 6.54. The van der Waals surface area contributed by atoms with Gasteiger partial charge in [0.15, 0.2) is 0 Å². The number of aromatic nitrogens is 1. The molecule has 26 heavy (non-hydrogen) atoms. The molecule has 1 fully saturated rings. The standard InChI is InChI=1S/C23H22N2O/c1-3-11-21-18(9-1)23(19-10-2-4-12-22(19)24-21)25-20-13-5-7-16(20)15-17-8-6-14-26-17/h1-4,6,8-12,14,16,20H,5,7,13,15H2,(H,24,25)/p+1/t16-,20+/m0/s1. The molecule has 2 atom stereocenters. The first-order valence-corrected chi connectivity index (χ1v) is 9.50. The predicted octanol–water partition coefficient (Wildman–Crippen LogP) is 5.22. The SMILES string of the molecule is c1coc(C[C@@H]2CCC[C@H]2Nc2c3ccccc3[nH+]c3ccccc23)c1. The summed E-state index contributed by atoms with van der Waals surface area (Å²) in [5.74, 6) is 1.71. The molecule has 3 nitrogen and oxygen atoms in total. The van der Waals surface area contributed by atoms with Crippen molar-refractivity contribution in [1.29, 1.82) is 0 Å². The number of nitrogens with one attached hydrogen (secondary N) is 2. The molecule has 0 amide bonds. The van der Waals surface area contributed by atoms with Crippen LogP contribution in [0.5, 0.6) is 0 Å². The summed E-state index contributed by atoms with van der Waals surface area (Å²) in [7, 11) is 0. The van der Waals surface area contributed by atoms with Crippen LogP contribution in [0.1, 0.15) is 25.0 Å². The number of H-pyrrole nitrogens is 1. The Kier molecular flexibility index (Phi) is 3.85. The maximum atomic E-state index is 5.60. The van der Waals surface area contributed by atoms with Gasteiger partial charge in [-0.2, -0.15) is 0 Å². The van der Waals surface area contributed by atoms with E-state index in [1.54, 1.807) is 6.26 Å². The fourth-order valence-corrected chi connectivity index (χ4v) is 4.41. The van der Waals surface area contributed by atoms with E-state index in [0.29, 0.717) is 12.0 Å². The Hall–Kier alpha value is -2.81. The average Bonchev–Trinajstić information content (AvgIpc) is 3.34. The zero-order valence-corrected chi connectivity index (χ0v) is 14.7. The Morgan fingerprint density at radius 1 is 0.885 bits per heavy atom. The Morgan fingerprint density at radius 2 is 1.62 bits per heavy atom. The molecular weight excluding hydrogens is 320 g/mol. The molecule has 3 heteroatoms. The van der Waals surface area contributed by atoms with Crippen molar-refractivity contribution in [2.75, 3.05) is 5.32 Å². The Morgan fingerprint density at radius 3 is 2.31 bits per heavy atom. The van der Waals surface area contributed by atoms with Gasteiger partial charge in [0.2, 0.25) is 11.0 Å². The first kappa shape index (κ1) is 15.4. The van der Waals surface area contributed by atoms with Gasteiger partial charge < -0.3 is 9.73 Å². The van der Waals surface area contributed by atoms with E-state index < -0.39 is 0 Å². The average molecular weight is 343 g/mol. The van der Waals surface area contributed by atoms with Crippen LogP contribution < -0.4 is 10.3 Å². The smallest absolute Gasteiger partial charge is 0.213 e. The molecule has 2 aromatic carbocycles. The van der Waals surface area contributed by atoms with E-state index in [-0.39, 0.29) is 0 Å². The van der Waals surface area contributed by atoms with Crippen molar-refractivity contribution in [1.82, 2.24) is 0 Å². The lowest BCUT2D eigenvalue weighted by atomic mass is 9.97. The highest BCUT2D eigenvalue weighted by atomic mass is 16.3. The molecule has 0 unspecified atom stereocenters. The van der Waals surface area contributed by atoms with Crippen LogP contribution in [0.25, 0.3) is 21.8 Å². The maximum absolute atomic E-state index is 5.60. The highest BCUT2D eigenvalue weighted by molar-refractivity contribution is 6.04. The lowest BCUT2D eigenvalue weighted by molar-refractivity contribution is -0.310. The van der Waals surface area contributed by atoms with Crippen LogP contribution >= 0.6 is 0 Å². The van der Waals surface area contributed by atoms with E-state index in [2.05, 4.69) is 64.9 Å². The van der Waals surface area contributed by atoms with E-state index >= 15 is 0 Å². The van der Waals surface area contributed by atoms with Crippen LogP contribution in [0.15, 0.2) is 71.3 Å². The summed E-state index contributed by atoms with van der Waals surface area (Å²) in [6, 6.07) is 21.7. The third-order valence-corrected chi connectivity index (χ3v) is 5.69. The van der Waals surface area contributed by atoms with Gasteiger partial charge in [0.1, 0.15) is 5.76 Å². The van der Waals surface area contributed by atoms with Crippen molar-refractivity contribution in [2.45, 2.75) is 31.7 Å². The molecule has 0 radical (unpaired) electrons. The molecule has 0 aliphatic heterocycles. The van der Waals surface area contributed by atoms with Crippen LogP contribution in [0.3, 0.4) is 0 Å². The van der Waals surface area contributed by atoms with Crippen LogP contribution in [0.4, 0.5) is 5.69 Å². The molecule has 1 aliphatic carbocycles. The number of benzene rings is 2. The van der Waals surface area contributed by atoms with E-state index in [9.17, 15) is 0 Å². The van der Waals surface area contributed by atoms with Gasteiger partial charge in [-0.1, -0.05) is 30.7 Å². The zero-order valence-electron chi connectivity index (χ0n) is 14.7. The molecule has 1 saturated carbocycles. The second kappa shape index (κ2) is 6.49. The maximum Gasteiger partial charge on any atom is 0.213 e. The molecule has 2 aromatic heterocycles. The normalized spacial score (nSPS) is 20.0. The van der Waals surface area contributed by atoms with Crippen molar-refractivity contribution < 1.29 is 9.40 Å². The Bertz CT molecular complexity index is 985. The van der Waals surface area contributed by atoms with Gasteiger partial charge in [0.05, 0.1) is 22.7 Å². The topological polar surface area (TPSA) is 39.3 Å². The van der Waals surface area contributed by atoms with Crippen LogP contribution in [-0.4, -0.2) is 6.04 Å². The fourth-order valence-electron chi connectivity index (χ4n) is 4.41. The number of hydrogen-bond donors (Lipinski definition) is 1. The number of aromatic amines is 1. The molecule has 2 N–H and O–H groups in total. The summed E-state index contributed by atoms with van der Waals surface area (Å²) in [6.45, 7) is 0. The minimum Gasteiger partial charge on any atom is -0.469 e. The minimum absolute atomic E-state index is 0.481. The third-order valence-electron chi connectivity index (χ3n) is 5.69. The van der Waals surface area contributed by atoms with Crippen LogP contribution in [0.2, 0.25) is 0 Å². The van der Waals surface area contributed by atoms with Gasteiger partial charge in [-0.25, -0.2) is 4.98 Å². The number of pyridine rings is 1. The first-order valence-electron chi connectivity index (χ1n) is 9.50. The second-order valence-electron chi connectivity index (χ2n) is 7.32. The Labute approximate surface area is 153 Å². The van der Waals surface area contributed by atoms with Gasteiger partial charge in [-0.15, -0.1) is 0 Å². The van der Waals surface area contributed by atoms with Crippen molar-refractivity contribution in [3.8, 4) is 0 Å². The fraction of sp³-hybridized carbons (Fsp3) is 0.261. The molecule has 5 rings (SSSR count). The highest BCUT2D eigenvalue weighted by Gasteiger charge is 2.29. The summed E-state index contributed by atoms with van der Waals surface area (Å²) in [5, 5.41) is 6.45. The van der Waals surface area contributed by atoms with Crippen LogP contribution in [-0.2, 0) is 6.42 Å².